The van der Waals surface area contributed by atoms with Gasteiger partial charge in [-0.1, -0.05) is 57.2 Å². The molecule has 44 heavy (non-hydrogen) atoms. The van der Waals surface area contributed by atoms with Gasteiger partial charge in [0.1, 0.15) is 0 Å². The summed E-state index contributed by atoms with van der Waals surface area (Å²) in [6, 6.07) is 17.6. The van der Waals surface area contributed by atoms with E-state index >= 15 is 0 Å². The number of nitrogens with one attached hydrogen (secondary N) is 1. The number of rotatable bonds is 1. The van der Waals surface area contributed by atoms with Gasteiger partial charge in [-0.2, -0.15) is 0 Å². The van der Waals surface area contributed by atoms with Crippen LogP contribution in [0.15, 0.2) is 60.7 Å². The summed E-state index contributed by atoms with van der Waals surface area (Å²) >= 11 is 0. The number of imide groups is 2. The molecule has 2 radical (unpaired) electrons. The minimum absolute atomic E-state index is 0. The van der Waals surface area contributed by atoms with Crippen LogP contribution in [0.3, 0.4) is 0 Å². The van der Waals surface area contributed by atoms with E-state index in [2.05, 4.69) is 0 Å². The summed E-state index contributed by atoms with van der Waals surface area (Å²) in [5.41, 5.74) is 10.4. The van der Waals surface area contributed by atoms with Crippen LogP contribution in [0.5, 0.6) is 0 Å². The fourth-order valence-corrected chi connectivity index (χ4v) is 5.37. The minimum Gasteiger partial charge on any atom is -0.698 e. The number of carbonyl (C=O) groups is 4. The number of hydrogen-bond donors (Lipinski definition) is 0. The Bertz CT molecular complexity index is 1770. The number of amides is 4. The van der Waals surface area contributed by atoms with Gasteiger partial charge in [-0.25, -0.2) is 0 Å². The van der Waals surface area contributed by atoms with Crippen molar-refractivity contribution in [1.29, 1.82) is 0 Å². The number of hydrogen-bond acceptors (Lipinski definition) is 4. The van der Waals surface area contributed by atoms with E-state index in [0.29, 0.717) is 38.7 Å². The zero-order valence-corrected chi connectivity index (χ0v) is 36.4. The largest absolute Gasteiger partial charge is 0.698 e. The fraction of sp³-hybridized carbons (Fsp3) is 0.273. The van der Waals surface area contributed by atoms with Crippen molar-refractivity contribution in [3.63, 3.8) is 0 Å². The van der Waals surface area contributed by atoms with Crippen molar-refractivity contribution in [3.05, 3.63) is 94.0 Å². The van der Waals surface area contributed by atoms with E-state index in [0.717, 1.165) is 21.4 Å². The molecular formula is C33H32N4O4ReRfRh-2. The monoisotopic (exact) mass is 1110 g/mol. The van der Waals surface area contributed by atoms with Crippen molar-refractivity contribution in [1.82, 2.24) is 9.80 Å². The van der Waals surface area contributed by atoms with E-state index in [1.54, 1.807) is 42.5 Å². The molecule has 11 heteroatoms. The van der Waals surface area contributed by atoms with E-state index in [9.17, 15) is 19.2 Å². The maximum absolute atomic E-state index is 12.6. The van der Waals surface area contributed by atoms with Gasteiger partial charge in [0.25, 0.3) is 23.6 Å². The Morgan fingerprint density at radius 1 is 0.636 bits per heavy atom. The Labute approximate surface area is 277 Å². The van der Waals surface area contributed by atoms with Crippen molar-refractivity contribution < 1.29 is 59.1 Å². The summed E-state index contributed by atoms with van der Waals surface area (Å²) in [4.78, 5) is 52.3. The van der Waals surface area contributed by atoms with Crippen molar-refractivity contribution in [2.45, 2.75) is 52.6 Å². The van der Waals surface area contributed by atoms with Crippen LogP contribution in [0.1, 0.15) is 83.0 Å². The predicted molar refractivity (Wildman–Crippen MR) is 161 cm³/mol. The first-order valence-electron chi connectivity index (χ1n) is 13.4. The average Bonchev–Trinajstić information content (AvgIpc) is 2.89. The van der Waals surface area contributed by atoms with E-state index < -0.39 is 5.54 Å². The molecule has 0 unspecified atom stereocenters. The number of nitrogens with zero attached hydrogens (tertiary/aromatic N) is 3. The first-order valence-corrected chi connectivity index (χ1v) is 13.4. The van der Waals surface area contributed by atoms with Gasteiger partial charge in [-0.3, -0.25) is 29.0 Å². The molecule has 2 aliphatic rings. The van der Waals surface area contributed by atoms with Crippen LogP contribution >= 0.6 is 0 Å². The third-order valence-electron chi connectivity index (χ3n) is 7.12. The molecule has 0 atom stereocenters. The molecule has 228 valence electrons. The van der Waals surface area contributed by atoms with E-state index in [1.165, 1.54) is 11.9 Å². The zero-order chi connectivity index (χ0) is 30.0. The molecule has 0 fully saturated rings. The van der Waals surface area contributed by atoms with Gasteiger partial charge in [0.05, 0.1) is 0 Å². The minimum atomic E-state index is -0.576. The van der Waals surface area contributed by atoms with Crippen LogP contribution in [0, 0.1) is 0 Å². The molecule has 2 heterocycles. The molecule has 0 spiro atoms. The van der Waals surface area contributed by atoms with E-state index in [4.69, 9.17) is 11.1 Å². The second-order valence-electron chi connectivity index (χ2n) is 12.3. The smallest absolute Gasteiger partial charge is 0.261 e. The third-order valence-corrected chi connectivity index (χ3v) is 7.12. The Balaban J connectivity index is 0.000000287. The molecular weight excluding hydrogens is 1070 g/mol. The summed E-state index contributed by atoms with van der Waals surface area (Å²) < 4.78 is 0. The maximum atomic E-state index is 12.6. The topological polar surface area (TPSA) is 113 Å². The van der Waals surface area contributed by atoms with Crippen molar-refractivity contribution in [2.24, 2.45) is 0 Å². The van der Waals surface area contributed by atoms with Gasteiger partial charge in [0, 0.05) is 85.5 Å². The molecule has 2 aliphatic heterocycles. The van der Waals surface area contributed by atoms with Crippen molar-refractivity contribution >= 4 is 56.5 Å². The van der Waals surface area contributed by atoms with Gasteiger partial charge in [0.15, 0.2) is 0 Å². The van der Waals surface area contributed by atoms with Gasteiger partial charge in [-0.05, 0) is 55.8 Å². The molecule has 4 amide bonds. The third kappa shape index (κ3) is 5.86. The van der Waals surface area contributed by atoms with Gasteiger partial charge in [0.2, 0.25) is 0 Å². The molecule has 1 N–H and O–H groups in total. The molecule has 0 saturated heterocycles. The van der Waals surface area contributed by atoms with Crippen molar-refractivity contribution in [3.8, 4) is 0 Å². The molecule has 0 aromatic heterocycles. The molecule has 8 nitrogen and oxygen atoms in total. The maximum Gasteiger partial charge on any atom is 0.261 e. The van der Waals surface area contributed by atoms with E-state index in [1.807, 2.05) is 59.7 Å². The Kier molecular flexibility index (Phi) is 9.98. The summed E-state index contributed by atoms with van der Waals surface area (Å²) in [7, 11) is 1.51. The molecule has 4 aromatic carbocycles. The molecule has 4 aromatic rings. The quantitative estimate of drug-likeness (QED) is 0.143. The molecule has 0 saturated carbocycles. The van der Waals surface area contributed by atoms with Gasteiger partial charge in [-0.15, -0.1) is 16.9 Å². The van der Waals surface area contributed by atoms with Crippen LogP contribution in [0.4, 0.5) is 11.4 Å². The van der Waals surface area contributed by atoms with Crippen LogP contribution in [0.25, 0.3) is 32.6 Å². The first kappa shape index (κ1) is 35.8. The Hall–Kier alpha value is -4.43. The summed E-state index contributed by atoms with van der Waals surface area (Å²) in [6.45, 7) is 11.6. The van der Waals surface area contributed by atoms with E-state index in [-0.39, 0.29) is 69.1 Å². The molecule has 6 rings (SSSR count). The van der Waals surface area contributed by atoms with Crippen LogP contribution < -0.4 is 0 Å². The fourth-order valence-electron chi connectivity index (χ4n) is 5.37. The summed E-state index contributed by atoms with van der Waals surface area (Å²) in [5, 5.41) is 7.52. The molecule has 0 aliphatic carbocycles. The molecule has 0 bridgehead atoms. The average molecular weight is 1100 g/mol. The first-order chi connectivity index (χ1) is 19.1. The number of benzene rings is 4. The normalized spacial score (nSPS) is 13.9. The van der Waals surface area contributed by atoms with Gasteiger partial charge < -0.3 is 11.1 Å². The standard InChI is InChI=1S/C17H18N2O2.C16H16N2O2.Re.Rf.Rh/c1-17(2,3)18-13-9-8-12-14-10(13)6-5-7-11(14)15(20)19(4)16(12)21;1-16(2,3)18-14(19)10-6-4-5-9-12(17)8-7-11(13(9)10)15(18)20;;;/h5-9H,1-4H3,(H,18,20,21);4-8H,1-3H3,(H2,17,19,20);;;/p-2. The second-order valence-corrected chi connectivity index (χ2v) is 12.3. The number of carbonyl (C=O) groups excluding carboxylic acids is 4. The Morgan fingerprint density at radius 3 is 1.59 bits per heavy atom. The zero-order valence-electron chi connectivity index (χ0n) is 25.7. The predicted octanol–water partition coefficient (Wildman–Crippen LogP) is 7.78. The van der Waals surface area contributed by atoms with Crippen LogP contribution in [0.2, 0.25) is 0 Å². The summed E-state index contributed by atoms with van der Waals surface area (Å²) in [5.74, 6) is -1.09. The van der Waals surface area contributed by atoms with Crippen LogP contribution in [-0.4, -0.2) is 51.6 Å². The Morgan fingerprint density at radius 2 is 1.07 bits per heavy atom. The summed E-state index contributed by atoms with van der Waals surface area (Å²) in [6.07, 6.45) is 0. The SMILES string of the molecule is CC(C)(C)N1C(=O)c2cccc3c([NH-])ccc(c23)C1=O.CN1C(=O)c2cccc3c([N-]C(C)(C)C)ccc(c23)C1=O.[Re].[Rf].[Rh]. The van der Waals surface area contributed by atoms with Crippen molar-refractivity contribution in [2.75, 3.05) is 7.05 Å². The van der Waals surface area contributed by atoms with Gasteiger partial charge >= 0.3 is 0 Å². The van der Waals surface area contributed by atoms with Crippen LogP contribution in [-0.2, 0) is 39.9 Å². The second kappa shape index (κ2) is 12.3.